The van der Waals surface area contributed by atoms with Crippen molar-refractivity contribution in [1.82, 2.24) is 0 Å². The Kier molecular flexibility index (Phi) is 5.88. The van der Waals surface area contributed by atoms with E-state index in [4.69, 9.17) is 22.0 Å². The summed E-state index contributed by atoms with van der Waals surface area (Å²) in [6, 6.07) is 0. The second-order valence-corrected chi connectivity index (χ2v) is 4.14. The minimum absolute atomic E-state index is 0.0599. The highest BCUT2D eigenvalue weighted by molar-refractivity contribution is 7.80. The van der Waals surface area contributed by atoms with E-state index in [9.17, 15) is 4.57 Å². The van der Waals surface area contributed by atoms with E-state index in [1.54, 1.807) is 0 Å². The Morgan fingerprint density at radius 1 is 1.58 bits per heavy atom. The van der Waals surface area contributed by atoms with Crippen LogP contribution < -0.4 is 0 Å². The van der Waals surface area contributed by atoms with Crippen LogP contribution in [0.2, 0.25) is 0 Å². The van der Waals surface area contributed by atoms with Crippen LogP contribution in [0, 0.1) is 0 Å². The summed E-state index contributed by atoms with van der Waals surface area (Å²) in [5.74, 6) is 0. The summed E-state index contributed by atoms with van der Waals surface area (Å²) in [7, 11) is -4.28. The first-order chi connectivity index (χ1) is 5.45. The molecule has 0 saturated heterocycles. The van der Waals surface area contributed by atoms with Gasteiger partial charge in [-0.2, -0.15) is 0 Å². The van der Waals surface area contributed by atoms with Gasteiger partial charge in [0.05, 0.1) is 6.61 Å². The molecule has 0 fully saturated rings. The summed E-state index contributed by atoms with van der Waals surface area (Å²) >= 11 is 4.91. The van der Waals surface area contributed by atoms with Crippen molar-refractivity contribution in [1.29, 1.82) is 0 Å². The normalized spacial score (nSPS) is 11.6. The number of phosphoric acid groups is 1. The Hall–Kier alpha value is 0.200. The largest absolute Gasteiger partial charge is 0.469 e. The lowest BCUT2D eigenvalue weighted by Crippen LogP contribution is -1.97. The molecule has 6 heteroatoms. The van der Waals surface area contributed by atoms with Gasteiger partial charge in [-0.3, -0.25) is 4.52 Å². The number of phosphoric ester groups is 1. The minimum atomic E-state index is -4.28. The fourth-order valence-corrected chi connectivity index (χ4v) is 1.14. The molecular weight excluding hydrogens is 199 g/mol. The van der Waals surface area contributed by atoms with Gasteiger partial charge in [0.15, 0.2) is 0 Å². The Bertz CT molecular complexity index is 188. The van der Waals surface area contributed by atoms with E-state index in [1.807, 2.05) is 6.92 Å². The van der Waals surface area contributed by atoms with E-state index < -0.39 is 7.82 Å². The molecule has 0 aromatic rings. The van der Waals surface area contributed by atoms with Gasteiger partial charge in [0.1, 0.15) is 0 Å². The lowest BCUT2D eigenvalue weighted by atomic mass is 10.2. The van der Waals surface area contributed by atoms with Crippen molar-refractivity contribution in [3.63, 3.8) is 0 Å². The lowest BCUT2D eigenvalue weighted by molar-refractivity contribution is 0.196. The van der Waals surface area contributed by atoms with Crippen LogP contribution in [0.1, 0.15) is 26.2 Å². The molecule has 0 atom stereocenters. The van der Waals surface area contributed by atoms with Gasteiger partial charge >= 0.3 is 7.82 Å². The van der Waals surface area contributed by atoms with Crippen molar-refractivity contribution in [2.75, 3.05) is 6.61 Å². The Morgan fingerprint density at radius 2 is 2.17 bits per heavy atom. The van der Waals surface area contributed by atoms with Crippen molar-refractivity contribution in [2.24, 2.45) is 0 Å². The SMILES string of the molecule is CCC(=S)CCCOP(=O)(O)O. The first kappa shape index (κ1) is 12.2. The average Bonchev–Trinajstić information content (AvgIpc) is 1.96. The van der Waals surface area contributed by atoms with Crippen molar-refractivity contribution in [3.8, 4) is 0 Å². The molecule has 0 aromatic carbocycles. The van der Waals surface area contributed by atoms with E-state index >= 15 is 0 Å². The highest BCUT2D eigenvalue weighted by Crippen LogP contribution is 2.35. The van der Waals surface area contributed by atoms with Gasteiger partial charge in [0, 0.05) is 0 Å². The van der Waals surface area contributed by atoms with Crippen LogP contribution in [0.15, 0.2) is 0 Å². The molecule has 12 heavy (non-hydrogen) atoms. The maximum atomic E-state index is 10.2. The topological polar surface area (TPSA) is 66.8 Å². The summed E-state index contributed by atoms with van der Waals surface area (Å²) in [5.41, 5.74) is 0. The number of rotatable bonds is 6. The summed E-state index contributed by atoms with van der Waals surface area (Å²) in [6.07, 6.45) is 2.08. The van der Waals surface area contributed by atoms with Crippen LogP contribution in [0.25, 0.3) is 0 Å². The third kappa shape index (κ3) is 8.30. The maximum Gasteiger partial charge on any atom is 0.469 e. The van der Waals surface area contributed by atoms with E-state index in [-0.39, 0.29) is 6.61 Å². The molecule has 0 aliphatic heterocycles. The van der Waals surface area contributed by atoms with Crippen LogP contribution in [0.5, 0.6) is 0 Å². The summed E-state index contributed by atoms with van der Waals surface area (Å²) < 4.78 is 14.4. The van der Waals surface area contributed by atoms with E-state index in [1.165, 1.54) is 0 Å². The smallest absolute Gasteiger partial charge is 0.303 e. The first-order valence-electron chi connectivity index (χ1n) is 3.67. The Morgan fingerprint density at radius 3 is 2.58 bits per heavy atom. The highest BCUT2D eigenvalue weighted by atomic mass is 32.1. The minimum Gasteiger partial charge on any atom is -0.303 e. The average molecular weight is 212 g/mol. The van der Waals surface area contributed by atoms with E-state index in [0.717, 1.165) is 11.3 Å². The molecule has 0 rings (SSSR count). The number of hydrogen-bond acceptors (Lipinski definition) is 3. The molecule has 0 amide bonds. The van der Waals surface area contributed by atoms with Crippen LogP contribution >= 0.6 is 20.0 Å². The lowest BCUT2D eigenvalue weighted by Gasteiger charge is -2.04. The van der Waals surface area contributed by atoms with Crippen molar-refractivity contribution < 1.29 is 18.9 Å². The molecular formula is C6H13O4PS. The molecule has 0 spiro atoms. The molecule has 0 bridgehead atoms. The molecule has 72 valence electrons. The van der Waals surface area contributed by atoms with Gasteiger partial charge in [-0.25, -0.2) is 4.57 Å². The standard InChI is InChI=1S/C6H13O4PS/c1-2-6(12)4-3-5-10-11(7,8)9/h2-5H2,1H3,(H2,7,8,9). The molecule has 0 aliphatic carbocycles. The molecule has 0 aromatic heterocycles. The molecule has 2 N–H and O–H groups in total. The van der Waals surface area contributed by atoms with Gasteiger partial charge in [0.2, 0.25) is 0 Å². The molecule has 0 radical (unpaired) electrons. The zero-order valence-electron chi connectivity index (χ0n) is 6.89. The van der Waals surface area contributed by atoms with Crippen LogP contribution in [-0.2, 0) is 9.09 Å². The van der Waals surface area contributed by atoms with Gasteiger partial charge in [-0.1, -0.05) is 19.1 Å². The first-order valence-corrected chi connectivity index (χ1v) is 5.61. The van der Waals surface area contributed by atoms with Crippen LogP contribution in [0.3, 0.4) is 0 Å². The van der Waals surface area contributed by atoms with Crippen molar-refractivity contribution in [2.45, 2.75) is 26.2 Å². The van der Waals surface area contributed by atoms with Gasteiger partial charge in [0.25, 0.3) is 0 Å². The fourth-order valence-electron chi connectivity index (χ4n) is 0.630. The summed E-state index contributed by atoms with van der Waals surface area (Å²) in [4.78, 5) is 17.5. The molecule has 0 saturated carbocycles. The third-order valence-corrected chi connectivity index (χ3v) is 2.27. The van der Waals surface area contributed by atoms with E-state index in [2.05, 4.69) is 4.52 Å². The molecule has 0 aliphatic rings. The van der Waals surface area contributed by atoms with Gasteiger partial charge in [-0.05, 0) is 24.1 Å². The van der Waals surface area contributed by atoms with Crippen molar-refractivity contribution >= 4 is 24.9 Å². The second-order valence-electron chi connectivity index (χ2n) is 2.32. The monoisotopic (exact) mass is 212 g/mol. The zero-order valence-corrected chi connectivity index (χ0v) is 8.61. The molecule has 0 unspecified atom stereocenters. The van der Waals surface area contributed by atoms with Gasteiger partial charge < -0.3 is 9.79 Å². The maximum absolute atomic E-state index is 10.2. The zero-order chi connectivity index (χ0) is 9.61. The number of thiocarbonyl (C=S) groups is 1. The Balaban J connectivity index is 3.34. The number of hydrogen-bond donors (Lipinski definition) is 2. The van der Waals surface area contributed by atoms with Gasteiger partial charge in [-0.15, -0.1) is 0 Å². The predicted molar refractivity (Wildman–Crippen MR) is 50.1 cm³/mol. The predicted octanol–water partition coefficient (Wildman–Crippen LogP) is 1.66. The third-order valence-electron chi connectivity index (χ3n) is 1.25. The van der Waals surface area contributed by atoms with Crippen molar-refractivity contribution in [3.05, 3.63) is 0 Å². The fraction of sp³-hybridized carbons (Fsp3) is 0.833. The van der Waals surface area contributed by atoms with Crippen LogP contribution in [0.4, 0.5) is 0 Å². The second kappa shape index (κ2) is 5.78. The highest BCUT2D eigenvalue weighted by Gasteiger charge is 2.12. The molecule has 0 heterocycles. The summed E-state index contributed by atoms with van der Waals surface area (Å²) in [5, 5.41) is 0. The quantitative estimate of drug-likeness (QED) is 0.398. The summed E-state index contributed by atoms with van der Waals surface area (Å²) in [6.45, 7) is 2.01. The van der Waals surface area contributed by atoms with E-state index in [0.29, 0.717) is 12.8 Å². The van der Waals surface area contributed by atoms with Crippen LogP contribution in [-0.4, -0.2) is 21.3 Å². The molecule has 4 nitrogen and oxygen atoms in total. The Labute approximate surface area is 77.2 Å².